The van der Waals surface area contributed by atoms with Crippen LogP contribution in [-0.4, -0.2) is 49.7 Å². The van der Waals surface area contributed by atoms with Crippen molar-refractivity contribution in [3.63, 3.8) is 0 Å². The van der Waals surface area contributed by atoms with Crippen LogP contribution >= 0.6 is 15.9 Å². The number of carbonyl (C=O) groups is 1. The standard InChI is InChI=1S/C14H20BrN3O2/c1-10-2-3-13(12(15)6-10)17-14(19)9-18-4-5-20-11(7-16)8-18/h2-3,6,11H,4-5,7-9,16H2,1H3,(H,17,19). The molecule has 0 bridgehead atoms. The SMILES string of the molecule is Cc1ccc(NC(=O)CN2CCOC(CN)C2)c(Br)c1. The van der Waals surface area contributed by atoms with Crippen molar-refractivity contribution in [2.75, 3.05) is 38.1 Å². The van der Waals surface area contributed by atoms with Crippen molar-refractivity contribution in [3.8, 4) is 0 Å². The molecule has 0 spiro atoms. The van der Waals surface area contributed by atoms with E-state index < -0.39 is 0 Å². The number of carbonyl (C=O) groups excluding carboxylic acids is 1. The molecule has 1 unspecified atom stereocenters. The van der Waals surface area contributed by atoms with E-state index in [2.05, 4.69) is 26.1 Å². The van der Waals surface area contributed by atoms with Gasteiger partial charge in [-0.05, 0) is 40.5 Å². The fraction of sp³-hybridized carbons (Fsp3) is 0.500. The van der Waals surface area contributed by atoms with E-state index in [4.69, 9.17) is 10.5 Å². The Kier molecular flexibility index (Phi) is 5.54. The Balaban J connectivity index is 1.88. The lowest BCUT2D eigenvalue weighted by atomic mass is 10.2. The number of morpholine rings is 1. The van der Waals surface area contributed by atoms with Crippen molar-refractivity contribution in [1.29, 1.82) is 0 Å². The summed E-state index contributed by atoms with van der Waals surface area (Å²) >= 11 is 3.46. The van der Waals surface area contributed by atoms with Crippen molar-refractivity contribution in [1.82, 2.24) is 4.90 Å². The summed E-state index contributed by atoms with van der Waals surface area (Å²) in [4.78, 5) is 14.1. The average molecular weight is 342 g/mol. The maximum atomic E-state index is 12.1. The van der Waals surface area contributed by atoms with Gasteiger partial charge in [-0.1, -0.05) is 6.07 Å². The number of ether oxygens (including phenoxy) is 1. The lowest BCUT2D eigenvalue weighted by Crippen LogP contribution is -2.48. The van der Waals surface area contributed by atoms with Crippen LogP contribution in [0.4, 0.5) is 5.69 Å². The van der Waals surface area contributed by atoms with E-state index >= 15 is 0 Å². The number of nitrogens with zero attached hydrogens (tertiary/aromatic N) is 1. The molecular weight excluding hydrogens is 322 g/mol. The van der Waals surface area contributed by atoms with E-state index in [1.54, 1.807) is 0 Å². The van der Waals surface area contributed by atoms with E-state index in [-0.39, 0.29) is 12.0 Å². The number of nitrogens with two attached hydrogens (primary N) is 1. The molecule has 1 heterocycles. The van der Waals surface area contributed by atoms with Crippen LogP contribution < -0.4 is 11.1 Å². The van der Waals surface area contributed by atoms with Crippen molar-refractivity contribution < 1.29 is 9.53 Å². The molecule has 0 radical (unpaired) electrons. The molecule has 1 fully saturated rings. The summed E-state index contributed by atoms with van der Waals surface area (Å²) in [6.45, 7) is 4.96. The predicted molar refractivity (Wildman–Crippen MR) is 82.7 cm³/mol. The van der Waals surface area contributed by atoms with Gasteiger partial charge in [0.1, 0.15) is 0 Å². The largest absolute Gasteiger partial charge is 0.374 e. The third kappa shape index (κ3) is 4.28. The molecule has 110 valence electrons. The van der Waals surface area contributed by atoms with Gasteiger partial charge in [-0.2, -0.15) is 0 Å². The van der Waals surface area contributed by atoms with Crippen LogP contribution in [0.3, 0.4) is 0 Å². The molecule has 3 N–H and O–H groups in total. The molecule has 0 aliphatic carbocycles. The Bertz CT molecular complexity index is 481. The van der Waals surface area contributed by atoms with E-state index in [9.17, 15) is 4.79 Å². The Morgan fingerprint density at radius 3 is 3.10 bits per heavy atom. The fourth-order valence-electron chi connectivity index (χ4n) is 2.18. The molecular formula is C14H20BrN3O2. The summed E-state index contributed by atoms with van der Waals surface area (Å²) in [6.07, 6.45) is 0.0302. The maximum absolute atomic E-state index is 12.1. The molecule has 0 saturated carbocycles. The summed E-state index contributed by atoms with van der Waals surface area (Å²) in [5.41, 5.74) is 7.54. The maximum Gasteiger partial charge on any atom is 0.238 e. The highest BCUT2D eigenvalue weighted by atomic mass is 79.9. The van der Waals surface area contributed by atoms with Gasteiger partial charge in [0.05, 0.1) is 24.9 Å². The number of benzene rings is 1. The fourth-order valence-corrected chi connectivity index (χ4v) is 2.77. The van der Waals surface area contributed by atoms with Crippen LogP contribution in [0.25, 0.3) is 0 Å². The Labute approximate surface area is 127 Å². The van der Waals surface area contributed by atoms with E-state index in [0.29, 0.717) is 26.2 Å². The molecule has 1 atom stereocenters. The molecule has 6 heteroatoms. The average Bonchev–Trinajstić information content (AvgIpc) is 2.42. The van der Waals surface area contributed by atoms with E-state index in [1.165, 1.54) is 0 Å². The molecule has 0 aromatic heterocycles. The first-order valence-electron chi connectivity index (χ1n) is 6.68. The number of rotatable bonds is 4. The number of aryl methyl sites for hydroxylation is 1. The van der Waals surface area contributed by atoms with Gasteiger partial charge in [0.25, 0.3) is 0 Å². The first-order chi connectivity index (χ1) is 9.58. The van der Waals surface area contributed by atoms with Crippen molar-refractivity contribution in [2.45, 2.75) is 13.0 Å². The van der Waals surface area contributed by atoms with Gasteiger partial charge in [-0.3, -0.25) is 9.69 Å². The zero-order valence-corrected chi connectivity index (χ0v) is 13.1. The number of halogens is 1. The predicted octanol–water partition coefficient (Wildman–Crippen LogP) is 1.36. The summed E-state index contributed by atoms with van der Waals surface area (Å²) in [5, 5.41) is 2.92. The number of amides is 1. The minimum absolute atomic E-state index is 0.0211. The first-order valence-corrected chi connectivity index (χ1v) is 7.48. The lowest BCUT2D eigenvalue weighted by molar-refractivity contribution is -0.119. The van der Waals surface area contributed by atoms with Gasteiger partial charge in [-0.15, -0.1) is 0 Å². The van der Waals surface area contributed by atoms with Gasteiger partial charge in [-0.25, -0.2) is 0 Å². The normalized spacial score (nSPS) is 19.9. The minimum Gasteiger partial charge on any atom is -0.374 e. The number of anilines is 1. The first kappa shape index (κ1) is 15.4. The second kappa shape index (κ2) is 7.17. The number of hydrogen-bond donors (Lipinski definition) is 2. The van der Waals surface area contributed by atoms with Crippen molar-refractivity contribution >= 4 is 27.5 Å². The molecule has 1 amide bonds. The quantitative estimate of drug-likeness (QED) is 0.867. The third-order valence-corrected chi connectivity index (χ3v) is 3.91. The smallest absolute Gasteiger partial charge is 0.238 e. The van der Waals surface area contributed by atoms with E-state index in [0.717, 1.165) is 22.3 Å². The lowest BCUT2D eigenvalue weighted by Gasteiger charge is -2.31. The van der Waals surface area contributed by atoms with Crippen molar-refractivity contribution in [2.24, 2.45) is 5.73 Å². The number of nitrogens with one attached hydrogen (secondary N) is 1. The monoisotopic (exact) mass is 341 g/mol. The molecule has 1 aliphatic rings. The van der Waals surface area contributed by atoms with Gasteiger partial charge < -0.3 is 15.8 Å². The number of hydrogen-bond acceptors (Lipinski definition) is 4. The highest BCUT2D eigenvalue weighted by Crippen LogP contribution is 2.23. The zero-order chi connectivity index (χ0) is 14.5. The van der Waals surface area contributed by atoms with Crippen LogP contribution in [-0.2, 0) is 9.53 Å². The van der Waals surface area contributed by atoms with Gasteiger partial charge in [0, 0.05) is 24.1 Å². The third-order valence-electron chi connectivity index (χ3n) is 3.25. The molecule has 1 saturated heterocycles. The van der Waals surface area contributed by atoms with Crippen LogP contribution in [0.5, 0.6) is 0 Å². The van der Waals surface area contributed by atoms with Crippen LogP contribution in [0.15, 0.2) is 22.7 Å². The van der Waals surface area contributed by atoms with Gasteiger partial charge in [0.15, 0.2) is 0 Å². The molecule has 1 aliphatic heterocycles. The molecule has 2 rings (SSSR count). The molecule has 20 heavy (non-hydrogen) atoms. The Morgan fingerprint density at radius 1 is 1.60 bits per heavy atom. The highest BCUT2D eigenvalue weighted by Gasteiger charge is 2.21. The minimum atomic E-state index is -0.0211. The summed E-state index contributed by atoms with van der Waals surface area (Å²) < 4.78 is 6.38. The molecule has 1 aromatic carbocycles. The zero-order valence-electron chi connectivity index (χ0n) is 11.6. The Hall–Kier alpha value is -0.950. The second-order valence-electron chi connectivity index (χ2n) is 5.00. The van der Waals surface area contributed by atoms with Crippen LogP contribution in [0.2, 0.25) is 0 Å². The summed E-state index contributed by atoms with van der Waals surface area (Å²) in [6, 6.07) is 5.85. The molecule has 5 nitrogen and oxygen atoms in total. The van der Waals surface area contributed by atoms with Gasteiger partial charge >= 0.3 is 0 Å². The van der Waals surface area contributed by atoms with Crippen LogP contribution in [0, 0.1) is 6.92 Å². The molecule has 1 aromatic rings. The van der Waals surface area contributed by atoms with E-state index in [1.807, 2.05) is 25.1 Å². The van der Waals surface area contributed by atoms with Crippen LogP contribution in [0.1, 0.15) is 5.56 Å². The van der Waals surface area contributed by atoms with Crippen molar-refractivity contribution in [3.05, 3.63) is 28.2 Å². The topological polar surface area (TPSA) is 67.6 Å². The summed E-state index contributed by atoms with van der Waals surface area (Å²) in [7, 11) is 0. The second-order valence-corrected chi connectivity index (χ2v) is 5.85. The van der Waals surface area contributed by atoms with Gasteiger partial charge in [0.2, 0.25) is 5.91 Å². The summed E-state index contributed by atoms with van der Waals surface area (Å²) in [5.74, 6) is -0.0211. The highest BCUT2D eigenvalue weighted by molar-refractivity contribution is 9.10. The Morgan fingerprint density at radius 2 is 2.40 bits per heavy atom.